The van der Waals surface area contributed by atoms with Crippen molar-refractivity contribution in [2.75, 3.05) is 26.2 Å². The summed E-state index contributed by atoms with van der Waals surface area (Å²) in [7, 11) is 0. The Kier molecular flexibility index (Phi) is 7.28. The third-order valence-electron chi connectivity index (χ3n) is 5.28. The van der Waals surface area contributed by atoms with Crippen LogP contribution in [0, 0.1) is 5.92 Å². The number of carbonyl (C=O) groups excluding carboxylic acids is 1. The molecular formula is C23H30N2O2. The Morgan fingerprint density at radius 1 is 1.07 bits per heavy atom. The first-order chi connectivity index (χ1) is 13.2. The normalized spacial score (nSPS) is 17.6. The topological polar surface area (TPSA) is 55.6 Å². The fraction of sp³-hybridized carbons (Fsp3) is 0.435. The second kappa shape index (κ2) is 10.1. The molecule has 0 aromatic heterocycles. The summed E-state index contributed by atoms with van der Waals surface area (Å²) in [6, 6.07) is 18.9. The third-order valence-corrected chi connectivity index (χ3v) is 5.28. The molecule has 1 fully saturated rings. The molecule has 1 saturated heterocycles. The number of nitrogens with two attached hydrogens (primary N) is 1. The van der Waals surface area contributed by atoms with Crippen molar-refractivity contribution in [2.24, 2.45) is 11.7 Å². The second-order valence-corrected chi connectivity index (χ2v) is 7.34. The highest BCUT2D eigenvalue weighted by atomic mass is 16.5. The smallest absolute Gasteiger partial charge is 0.221 e. The van der Waals surface area contributed by atoms with Crippen LogP contribution in [0.15, 0.2) is 54.6 Å². The van der Waals surface area contributed by atoms with E-state index in [4.69, 9.17) is 10.5 Å². The van der Waals surface area contributed by atoms with Crippen molar-refractivity contribution in [3.05, 3.63) is 65.7 Å². The van der Waals surface area contributed by atoms with Crippen LogP contribution >= 0.6 is 0 Å². The number of amides is 1. The van der Waals surface area contributed by atoms with Gasteiger partial charge in [0.1, 0.15) is 5.75 Å². The van der Waals surface area contributed by atoms with Gasteiger partial charge in [0.15, 0.2) is 0 Å². The Hall–Kier alpha value is -2.33. The average molecular weight is 367 g/mol. The minimum atomic E-state index is -0.164. The van der Waals surface area contributed by atoms with E-state index in [1.165, 1.54) is 11.1 Å². The van der Waals surface area contributed by atoms with Crippen molar-refractivity contribution in [1.82, 2.24) is 4.90 Å². The van der Waals surface area contributed by atoms with E-state index >= 15 is 0 Å². The molecule has 27 heavy (non-hydrogen) atoms. The molecule has 0 bridgehead atoms. The molecule has 144 valence electrons. The number of hydrogen-bond acceptors (Lipinski definition) is 3. The Bertz CT molecular complexity index is 717. The van der Waals surface area contributed by atoms with Gasteiger partial charge in [0, 0.05) is 13.1 Å². The number of ether oxygens (including phenoxy) is 1. The van der Waals surface area contributed by atoms with Crippen LogP contribution < -0.4 is 10.5 Å². The second-order valence-electron chi connectivity index (χ2n) is 7.34. The van der Waals surface area contributed by atoms with Crippen LogP contribution in [-0.2, 0) is 17.6 Å². The number of piperidine rings is 1. The zero-order valence-corrected chi connectivity index (χ0v) is 16.0. The number of primary amides is 1. The molecule has 3 rings (SSSR count). The summed E-state index contributed by atoms with van der Waals surface area (Å²) in [6.45, 7) is 3.50. The van der Waals surface area contributed by atoms with Gasteiger partial charge in [-0.15, -0.1) is 0 Å². The Labute approximate surface area is 162 Å². The van der Waals surface area contributed by atoms with E-state index in [-0.39, 0.29) is 11.8 Å². The molecule has 0 radical (unpaired) electrons. The van der Waals surface area contributed by atoms with Crippen LogP contribution in [-0.4, -0.2) is 37.0 Å². The standard InChI is InChI=1S/C23H30N2O2/c24-23(26)21-11-6-15-25(18-21)16-7-17-27-22-12-5-4-10-20(22)14-13-19-8-2-1-3-9-19/h1-5,8-10,12,21H,6-7,11,13-18H2,(H2,24,26). The SMILES string of the molecule is NC(=O)C1CCCN(CCCOc2ccccc2CCc2ccccc2)C1. The van der Waals surface area contributed by atoms with Gasteiger partial charge in [-0.1, -0.05) is 48.5 Å². The Morgan fingerprint density at radius 2 is 1.85 bits per heavy atom. The van der Waals surface area contributed by atoms with Crippen molar-refractivity contribution in [1.29, 1.82) is 0 Å². The van der Waals surface area contributed by atoms with E-state index in [1.807, 2.05) is 6.07 Å². The number of aryl methyl sites for hydroxylation is 2. The van der Waals surface area contributed by atoms with E-state index < -0.39 is 0 Å². The van der Waals surface area contributed by atoms with Gasteiger partial charge in [0.2, 0.25) is 5.91 Å². The summed E-state index contributed by atoms with van der Waals surface area (Å²) in [5, 5.41) is 0. The maximum absolute atomic E-state index is 11.4. The van der Waals surface area contributed by atoms with Gasteiger partial charge >= 0.3 is 0 Å². The van der Waals surface area contributed by atoms with Crippen molar-refractivity contribution in [2.45, 2.75) is 32.1 Å². The number of benzene rings is 2. The van der Waals surface area contributed by atoms with Gasteiger partial charge in [-0.2, -0.15) is 0 Å². The molecule has 1 aliphatic rings. The van der Waals surface area contributed by atoms with Crippen LogP contribution in [0.3, 0.4) is 0 Å². The molecule has 0 saturated carbocycles. The van der Waals surface area contributed by atoms with E-state index in [0.29, 0.717) is 6.61 Å². The monoisotopic (exact) mass is 366 g/mol. The lowest BCUT2D eigenvalue weighted by atomic mass is 9.97. The summed E-state index contributed by atoms with van der Waals surface area (Å²) in [5.74, 6) is 0.837. The van der Waals surface area contributed by atoms with Crippen molar-refractivity contribution < 1.29 is 9.53 Å². The molecular weight excluding hydrogens is 336 g/mol. The molecule has 1 aliphatic heterocycles. The first-order valence-corrected chi connectivity index (χ1v) is 9.98. The number of hydrogen-bond donors (Lipinski definition) is 1. The largest absolute Gasteiger partial charge is 0.493 e. The zero-order chi connectivity index (χ0) is 18.9. The van der Waals surface area contributed by atoms with Gasteiger partial charge in [-0.25, -0.2) is 0 Å². The highest BCUT2D eigenvalue weighted by molar-refractivity contribution is 5.76. The van der Waals surface area contributed by atoms with Gasteiger partial charge in [-0.05, 0) is 55.8 Å². The molecule has 1 amide bonds. The van der Waals surface area contributed by atoms with E-state index in [2.05, 4.69) is 53.4 Å². The third kappa shape index (κ3) is 6.10. The van der Waals surface area contributed by atoms with Crippen molar-refractivity contribution in [3.8, 4) is 5.75 Å². The van der Waals surface area contributed by atoms with Gasteiger partial charge in [0.25, 0.3) is 0 Å². The summed E-state index contributed by atoms with van der Waals surface area (Å²) in [5.41, 5.74) is 8.06. The molecule has 1 heterocycles. The predicted octanol–water partition coefficient (Wildman–Crippen LogP) is 3.44. The fourth-order valence-electron chi connectivity index (χ4n) is 3.74. The average Bonchev–Trinajstić information content (AvgIpc) is 2.71. The van der Waals surface area contributed by atoms with E-state index in [9.17, 15) is 4.79 Å². The highest BCUT2D eigenvalue weighted by Gasteiger charge is 2.23. The molecule has 2 N–H and O–H groups in total. The molecule has 2 aromatic rings. The van der Waals surface area contributed by atoms with Gasteiger partial charge in [0.05, 0.1) is 12.5 Å². The first kappa shape index (κ1) is 19.4. The summed E-state index contributed by atoms with van der Waals surface area (Å²) >= 11 is 0. The van der Waals surface area contributed by atoms with Crippen LogP contribution in [0.1, 0.15) is 30.4 Å². The lowest BCUT2D eigenvalue weighted by molar-refractivity contribution is -0.123. The maximum atomic E-state index is 11.4. The van der Waals surface area contributed by atoms with Crippen LogP contribution in [0.2, 0.25) is 0 Å². The Morgan fingerprint density at radius 3 is 2.67 bits per heavy atom. The van der Waals surface area contributed by atoms with E-state index in [1.54, 1.807) is 0 Å². The van der Waals surface area contributed by atoms with Crippen LogP contribution in [0.4, 0.5) is 0 Å². The molecule has 4 heteroatoms. The van der Waals surface area contributed by atoms with Crippen molar-refractivity contribution >= 4 is 5.91 Å². The van der Waals surface area contributed by atoms with Crippen LogP contribution in [0.25, 0.3) is 0 Å². The molecule has 1 atom stereocenters. The number of nitrogens with zero attached hydrogens (tertiary/aromatic N) is 1. The molecule has 1 unspecified atom stereocenters. The lowest BCUT2D eigenvalue weighted by Crippen LogP contribution is -2.41. The summed E-state index contributed by atoms with van der Waals surface area (Å²) < 4.78 is 6.07. The predicted molar refractivity (Wildman–Crippen MR) is 109 cm³/mol. The number of likely N-dealkylation sites (tertiary alicyclic amines) is 1. The lowest BCUT2D eigenvalue weighted by Gasteiger charge is -2.31. The highest BCUT2D eigenvalue weighted by Crippen LogP contribution is 2.21. The molecule has 2 aromatic carbocycles. The van der Waals surface area contributed by atoms with Crippen LogP contribution in [0.5, 0.6) is 5.75 Å². The number of carbonyl (C=O) groups is 1. The minimum Gasteiger partial charge on any atom is -0.493 e. The number of rotatable bonds is 9. The molecule has 4 nitrogen and oxygen atoms in total. The molecule has 0 aliphatic carbocycles. The zero-order valence-electron chi connectivity index (χ0n) is 16.0. The van der Waals surface area contributed by atoms with Gasteiger partial charge < -0.3 is 15.4 Å². The summed E-state index contributed by atoms with van der Waals surface area (Å²) in [6.07, 6.45) is 4.93. The van der Waals surface area contributed by atoms with Crippen molar-refractivity contribution in [3.63, 3.8) is 0 Å². The fourth-order valence-corrected chi connectivity index (χ4v) is 3.74. The maximum Gasteiger partial charge on any atom is 0.221 e. The van der Waals surface area contributed by atoms with Gasteiger partial charge in [-0.3, -0.25) is 4.79 Å². The summed E-state index contributed by atoms with van der Waals surface area (Å²) in [4.78, 5) is 13.7. The quantitative estimate of drug-likeness (QED) is 0.692. The Balaban J connectivity index is 1.43. The molecule has 0 spiro atoms. The first-order valence-electron chi connectivity index (χ1n) is 9.98. The number of para-hydroxylation sites is 1. The van der Waals surface area contributed by atoms with E-state index in [0.717, 1.165) is 57.5 Å². The minimum absolute atomic E-state index is 0.0124.